The van der Waals surface area contributed by atoms with E-state index in [0.717, 1.165) is 35.4 Å². The lowest BCUT2D eigenvalue weighted by Crippen LogP contribution is -2.49. The zero-order valence-electron chi connectivity index (χ0n) is 21.4. The second-order valence-corrected chi connectivity index (χ2v) is 10.2. The molecule has 1 aliphatic rings. The lowest BCUT2D eigenvalue weighted by atomic mass is 9.86. The lowest BCUT2D eigenvalue weighted by molar-refractivity contribution is -0.137. The van der Waals surface area contributed by atoms with Crippen LogP contribution < -0.4 is 10.1 Å². The van der Waals surface area contributed by atoms with Crippen LogP contribution in [0.2, 0.25) is 0 Å². The van der Waals surface area contributed by atoms with Gasteiger partial charge in [0.25, 0.3) is 5.91 Å². The number of hydrogen-bond donors (Lipinski definition) is 1. The summed E-state index contributed by atoms with van der Waals surface area (Å²) in [6, 6.07) is 10.3. The number of alkyl halides is 3. The highest BCUT2D eigenvalue weighted by Gasteiger charge is 2.32. The second-order valence-electron chi connectivity index (χ2n) is 10.2. The maximum atomic E-state index is 12.9. The van der Waals surface area contributed by atoms with E-state index in [1.165, 1.54) is 12.1 Å². The van der Waals surface area contributed by atoms with Crippen molar-refractivity contribution in [3.05, 3.63) is 64.7 Å². The Morgan fingerprint density at radius 1 is 1.03 bits per heavy atom. The highest BCUT2D eigenvalue weighted by Crippen LogP contribution is 2.29. The maximum absolute atomic E-state index is 12.9. The number of halogens is 3. The number of carbonyl (C=O) groups is 2. The summed E-state index contributed by atoms with van der Waals surface area (Å²) >= 11 is 0. The summed E-state index contributed by atoms with van der Waals surface area (Å²) in [6.45, 7) is 9.28. The van der Waals surface area contributed by atoms with Crippen molar-refractivity contribution < 1.29 is 27.5 Å². The molecule has 2 aromatic rings. The summed E-state index contributed by atoms with van der Waals surface area (Å²) in [6.07, 6.45) is -1.81. The van der Waals surface area contributed by atoms with Gasteiger partial charge in [0.15, 0.2) is 0 Å². The first-order chi connectivity index (χ1) is 16.9. The Kier molecular flexibility index (Phi) is 8.69. The van der Waals surface area contributed by atoms with Gasteiger partial charge in [0.1, 0.15) is 5.75 Å². The van der Waals surface area contributed by atoms with Gasteiger partial charge in [-0.1, -0.05) is 26.0 Å². The van der Waals surface area contributed by atoms with Gasteiger partial charge in [-0.05, 0) is 81.0 Å². The fraction of sp³-hybridized carbons (Fsp3) is 0.500. The number of piperidine rings is 1. The van der Waals surface area contributed by atoms with Crippen molar-refractivity contribution in [2.75, 3.05) is 19.7 Å². The highest BCUT2D eigenvalue weighted by atomic mass is 19.4. The topological polar surface area (TPSA) is 58.6 Å². The molecule has 8 heteroatoms. The van der Waals surface area contributed by atoms with Crippen LogP contribution in [-0.4, -0.2) is 42.5 Å². The number of likely N-dealkylation sites (tertiary alicyclic amines) is 1. The summed E-state index contributed by atoms with van der Waals surface area (Å²) in [5.41, 5.74) is 1.12. The van der Waals surface area contributed by atoms with Crippen molar-refractivity contribution in [2.45, 2.75) is 65.6 Å². The largest absolute Gasteiger partial charge is 0.493 e. The Hall–Kier alpha value is -3.03. The SMILES string of the molecule is Cc1ccc(C)c(OCCCC(C)(C)C(=O)NC2CCN(C(=O)c3ccc(C(F)(F)F)cc3)CC2)c1. The van der Waals surface area contributed by atoms with Crippen LogP contribution in [-0.2, 0) is 11.0 Å². The van der Waals surface area contributed by atoms with Crippen molar-refractivity contribution >= 4 is 11.8 Å². The Morgan fingerprint density at radius 2 is 1.67 bits per heavy atom. The Morgan fingerprint density at radius 3 is 2.28 bits per heavy atom. The van der Waals surface area contributed by atoms with Gasteiger partial charge in [0, 0.05) is 30.1 Å². The monoisotopic (exact) mass is 504 g/mol. The smallest absolute Gasteiger partial charge is 0.416 e. The molecule has 0 bridgehead atoms. The third kappa shape index (κ3) is 7.24. The minimum atomic E-state index is -4.43. The van der Waals surface area contributed by atoms with Gasteiger partial charge in [0.05, 0.1) is 12.2 Å². The van der Waals surface area contributed by atoms with E-state index in [-0.39, 0.29) is 23.4 Å². The van der Waals surface area contributed by atoms with Crippen LogP contribution in [0.25, 0.3) is 0 Å². The van der Waals surface area contributed by atoms with Crippen LogP contribution in [0.4, 0.5) is 13.2 Å². The Bertz CT molecular complexity index is 1060. The lowest BCUT2D eigenvalue weighted by Gasteiger charge is -2.34. The van der Waals surface area contributed by atoms with Crippen LogP contribution in [0.5, 0.6) is 5.75 Å². The van der Waals surface area contributed by atoms with E-state index < -0.39 is 17.2 Å². The third-order valence-corrected chi connectivity index (χ3v) is 6.74. The first kappa shape index (κ1) is 27.6. The normalized spacial score (nSPS) is 15.0. The summed E-state index contributed by atoms with van der Waals surface area (Å²) < 4.78 is 44.2. The number of rotatable bonds is 8. The first-order valence-corrected chi connectivity index (χ1v) is 12.3. The van der Waals surface area contributed by atoms with Gasteiger partial charge in [-0.2, -0.15) is 13.2 Å². The standard InChI is InChI=1S/C28H35F3N2O3/c1-19-6-7-20(2)24(18-19)36-17-5-14-27(3,4)26(35)32-23-12-15-33(16-13-23)25(34)21-8-10-22(11-9-21)28(29,30)31/h6-11,18,23H,5,12-17H2,1-4H3,(H,32,35). The highest BCUT2D eigenvalue weighted by molar-refractivity contribution is 5.94. The van der Waals surface area contributed by atoms with Gasteiger partial charge in [-0.3, -0.25) is 9.59 Å². The fourth-order valence-corrected chi connectivity index (χ4v) is 4.26. The molecule has 36 heavy (non-hydrogen) atoms. The molecule has 0 atom stereocenters. The van der Waals surface area contributed by atoms with E-state index in [2.05, 4.69) is 5.32 Å². The van der Waals surface area contributed by atoms with Crippen molar-refractivity contribution in [3.8, 4) is 5.75 Å². The quantitative estimate of drug-likeness (QED) is 0.454. The molecule has 1 fully saturated rings. The number of amides is 2. The number of aryl methyl sites for hydroxylation is 2. The van der Waals surface area contributed by atoms with E-state index in [1.54, 1.807) is 4.90 Å². The molecule has 3 rings (SSSR count). The molecule has 1 heterocycles. The molecular weight excluding hydrogens is 469 g/mol. The predicted molar refractivity (Wildman–Crippen MR) is 133 cm³/mol. The zero-order chi connectivity index (χ0) is 26.5. The van der Waals surface area contributed by atoms with Crippen LogP contribution in [0.1, 0.15) is 66.6 Å². The number of ether oxygens (including phenoxy) is 1. The molecule has 1 N–H and O–H groups in total. The third-order valence-electron chi connectivity index (χ3n) is 6.74. The van der Waals surface area contributed by atoms with E-state index in [1.807, 2.05) is 45.9 Å². The molecule has 2 amide bonds. The van der Waals surface area contributed by atoms with E-state index in [9.17, 15) is 22.8 Å². The van der Waals surface area contributed by atoms with Crippen molar-refractivity contribution in [1.29, 1.82) is 0 Å². The first-order valence-electron chi connectivity index (χ1n) is 12.3. The van der Waals surface area contributed by atoms with Gasteiger partial charge in [-0.15, -0.1) is 0 Å². The summed E-state index contributed by atoms with van der Waals surface area (Å²) in [7, 11) is 0. The molecule has 196 valence electrons. The van der Waals surface area contributed by atoms with E-state index >= 15 is 0 Å². The van der Waals surface area contributed by atoms with Crippen LogP contribution in [0.3, 0.4) is 0 Å². The van der Waals surface area contributed by atoms with Crippen LogP contribution >= 0.6 is 0 Å². The zero-order valence-corrected chi connectivity index (χ0v) is 21.4. The minimum absolute atomic E-state index is 0.0262. The van der Waals surface area contributed by atoms with E-state index in [0.29, 0.717) is 39.0 Å². The number of nitrogens with one attached hydrogen (secondary N) is 1. The van der Waals surface area contributed by atoms with Gasteiger partial charge in [-0.25, -0.2) is 0 Å². The number of nitrogens with zero attached hydrogens (tertiary/aromatic N) is 1. The molecular formula is C28H35F3N2O3. The molecule has 0 aromatic heterocycles. The number of hydrogen-bond acceptors (Lipinski definition) is 3. The average molecular weight is 505 g/mol. The van der Waals surface area contributed by atoms with Crippen molar-refractivity contribution in [1.82, 2.24) is 10.2 Å². The average Bonchev–Trinajstić information content (AvgIpc) is 2.83. The summed E-state index contributed by atoms with van der Waals surface area (Å²) in [5.74, 6) is 0.550. The molecule has 1 aliphatic heterocycles. The van der Waals surface area contributed by atoms with Crippen molar-refractivity contribution in [3.63, 3.8) is 0 Å². The molecule has 0 spiro atoms. The fourth-order valence-electron chi connectivity index (χ4n) is 4.26. The summed E-state index contributed by atoms with van der Waals surface area (Å²) in [5, 5.41) is 3.11. The van der Waals surface area contributed by atoms with Crippen molar-refractivity contribution in [2.24, 2.45) is 5.41 Å². The van der Waals surface area contributed by atoms with Crippen LogP contribution in [0.15, 0.2) is 42.5 Å². The molecule has 2 aromatic carbocycles. The molecule has 0 radical (unpaired) electrons. The number of carbonyl (C=O) groups excluding carboxylic acids is 2. The predicted octanol–water partition coefficient (Wildman–Crippen LogP) is 5.93. The molecule has 0 saturated carbocycles. The summed E-state index contributed by atoms with van der Waals surface area (Å²) in [4.78, 5) is 27.2. The van der Waals surface area contributed by atoms with Gasteiger partial charge in [0.2, 0.25) is 5.91 Å². The Labute approximate surface area is 211 Å². The van der Waals surface area contributed by atoms with E-state index in [4.69, 9.17) is 4.74 Å². The van der Waals surface area contributed by atoms with Gasteiger partial charge >= 0.3 is 6.18 Å². The molecule has 0 unspecified atom stereocenters. The van der Waals surface area contributed by atoms with Crippen LogP contribution in [0, 0.1) is 19.3 Å². The minimum Gasteiger partial charge on any atom is -0.493 e. The van der Waals surface area contributed by atoms with Gasteiger partial charge < -0.3 is 15.0 Å². The molecule has 5 nitrogen and oxygen atoms in total. The Balaban J connectivity index is 1.42. The molecule has 1 saturated heterocycles. The molecule has 0 aliphatic carbocycles. The number of benzene rings is 2. The second kappa shape index (κ2) is 11.4. The maximum Gasteiger partial charge on any atom is 0.416 e.